The molecule has 0 N–H and O–H groups in total. The van der Waals surface area contributed by atoms with Gasteiger partial charge in [0.15, 0.2) is 0 Å². The maximum absolute atomic E-state index is 5.23. The van der Waals surface area contributed by atoms with E-state index in [0.717, 1.165) is 16.8 Å². The Morgan fingerprint density at radius 3 is 0.986 bits per heavy atom. The Labute approximate surface area is 423 Å². The molecule has 5 aromatic heterocycles. The van der Waals surface area contributed by atoms with Crippen LogP contribution in [0.3, 0.4) is 0 Å². The first-order valence-electron chi connectivity index (χ1n) is 25.9. The van der Waals surface area contributed by atoms with E-state index in [0.29, 0.717) is 0 Å². The first-order valence-corrected chi connectivity index (χ1v) is 25.9. The van der Waals surface area contributed by atoms with Crippen molar-refractivity contribution in [3.8, 4) is 44.6 Å². The highest BCUT2D eigenvalue weighted by atomic mass is 14.9. The molecule has 0 fully saturated rings. The molecule has 72 heavy (non-hydrogen) atoms. The summed E-state index contributed by atoms with van der Waals surface area (Å²) in [5.41, 5.74) is 22.5. The number of hydrogen-bond acceptors (Lipinski definition) is 1. The van der Waals surface area contributed by atoms with Crippen molar-refractivity contribution in [3.05, 3.63) is 186 Å². The first kappa shape index (κ1) is 44.5. The van der Waals surface area contributed by atoms with Crippen molar-refractivity contribution in [2.75, 3.05) is 0 Å². The van der Waals surface area contributed by atoms with Crippen molar-refractivity contribution in [3.63, 3.8) is 0 Å². The van der Waals surface area contributed by atoms with Crippen LogP contribution in [0.1, 0.15) is 105 Å². The zero-order valence-corrected chi connectivity index (χ0v) is 43.9. The Hall–Kier alpha value is -7.49. The molecule has 3 nitrogen and oxygen atoms in total. The Balaban J connectivity index is 1.10. The van der Waals surface area contributed by atoms with Crippen LogP contribution < -0.4 is 0 Å². The molecule has 0 amide bonds. The van der Waals surface area contributed by atoms with Gasteiger partial charge in [-0.25, -0.2) is 0 Å². The van der Waals surface area contributed by atoms with Crippen LogP contribution >= 0.6 is 0 Å². The average molecular weight is 934 g/mol. The fourth-order valence-corrected chi connectivity index (χ4v) is 11.8. The molecule has 0 saturated carbocycles. The van der Waals surface area contributed by atoms with Crippen molar-refractivity contribution >= 4 is 76.2 Å². The molecule has 0 spiro atoms. The van der Waals surface area contributed by atoms with Gasteiger partial charge in [0.2, 0.25) is 0 Å². The second-order valence-electron chi connectivity index (χ2n) is 25.0. The number of fused-ring (bicyclic) bond motifs is 12. The summed E-state index contributed by atoms with van der Waals surface area (Å²) in [6.07, 6.45) is 2.12. The smallest absolute Gasteiger partial charge is 0.0725 e. The predicted molar refractivity (Wildman–Crippen MR) is 310 cm³/mol. The third-order valence-electron chi connectivity index (χ3n) is 16.1. The SMILES string of the molecule is CC(C)(C)c1ccc(-c2ccc3c(c2)c2cc(-c4ccc(C(C)(C)C)cc4)cc4c5cc6c7cc(-c8ccc(C(C)(C)C)cc8)cc8c9cc(-c%10ccc(C(C)(C)C)cc%10)ncc9n(c6cc5n3c24)c87)cc1. The van der Waals surface area contributed by atoms with Crippen molar-refractivity contribution < 1.29 is 0 Å². The lowest BCUT2D eigenvalue weighted by Crippen LogP contribution is -2.10. The van der Waals surface area contributed by atoms with Crippen LogP contribution in [0.2, 0.25) is 0 Å². The fraction of sp³-hybridized carbons (Fsp3) is 0.232. The van der Waals surface area contributed by atoms with E-state index in [-0.39, 0.29) is 21.7 Å². The lowest BCUT2D eigenvalue weighted by Gasteiger charge is -2.19. The zero-order valence-electron chi connectivity index (χ0n) is 43.9. The van der Waals surface area contributed by atoms with Gasteiger partial charge in [-0.05, 0) is 132 Å². The third kappa shape index (κ3) is 6.80. The molecule has 13 aromatic rings. The molecule has 3 heteroatoms. The van der Waals surface area contributed by atoms with Gasteiger partial charge in [0.25, 0.3) is 0 Å². The summed E-state index contributed by atoms with van der Waals surface area (Å²) < 4.78 is 5.06. The fourth-order valence-electron chi connectivity index (χ4n) is 11.8. The van der Waals surface area contributed by atoms with E-state index in [4.69, 9.17) is 4.98 Å². The van der Waals surface area contributed by atoms with Crippen molar-refractivity contribution in [1.82, 2.24) is 13.8 Å². The van der Waals surface area contributed by atoms with Gasteiger partial charge in [0.1, 0.15) is 0 Å². The summed E-state index contributed by atoms with van der Waals surface area (Å²) in [5.74, 6) is 0. The standard InChI is InChI=1S/C69H63N3/c1-66(2,3)47-22-13-40(14-23-47)44-21-30-60-51(31-44)55-32-45(41-15-24-48(25-16-41)67(4,5)6)33-56-52-36-53-57-34-46(42-17-26-49(27-18-42)68(7,8)9)35-58-54-37-59(43-19-28-50(29-20-43)69(10,11)12)70-39-63(54)72(65(57)58)62(53)38-61(52)71(60)64(55)56/h13-39H,1-12H3. The number of aromatic nitrogens is 3. The van der Waals surface area contributed by atoms with Gasteiger partial charge in [-0.2, -0.15) is 0 Å². The quantitative estimate of drug-likeness (QED) is 0.172. The van der Waals surface area contributed by atoms with Crippen molar-refractivity contribution in [2.45, 2.75) is 105 Å². The number of hydrogen-bond donors (Lipinski definition) is 0. The molecule has 13 rings (SSSR count). The molecule has 0 aliphatic carbocycles. The average Bonchev–Trinajstić information content (AvgIpc) is 4.07. The largest absolute Gasteiger partial charge is 0.308 e. The number of pyridine rings is 1. The second kappa shape index (κ2) is 15.0. The molecule has 5 heterocycles. The van der Waals surface area contributed by atoms with Crippen LogP contribution in [0.15, 0.2) is 164 Å². The van der Waals surface area contributed by atoms with Crippen LogP contribution in [0.5, 0.6) is 0 Å². The number of rotatable bonds is 4. The Morgan fingerprint density at radius 2 is 0.583 bits per heavy atom. The molecule has 0 unspecified atom stereocenters. The minimum absolute atomic E-state index is 0.0708. The van der Waals surface area contributed by atoms with Crippen molar-refractivity contribution in [1.29, 1.82) is 0 Å². The summed E-state index contributed by atoms with van der Waals surface area (Å²) in [4.78, 5) is 5.23. The second-order valence-corrected chi connectivity index (χ2v) is 25.0. The van der Waals surface area contributed by atoms with E-state index < -0.39 is 0 Å². The number of nitrogens with zero attached hydrogens (tertiary/aromatic N) is 3. The summed E-state index contributed by atoms with van der Waals surface area (Å²) in [5, 5.41) is 10.1. The minimum atomic E-state index is 0.0708. The normalized spacial score (nSPS) is 13.3. The monoisotopic (exact) mass is 934 g/mol. The van der Waals surface area contributed by atoms with Gasteiger partial charge in [-0.1, -0.05) is 186 Å². The predicted octanol–water partition coefficient (Wildman–Crippen LogP) is 19.2. The highest BCUT2D eigenvalue weighted by molar-refractivity contribution is 6.30. The van der Waals surface area contributed by atoms with Gasteiger partial charge in [0, 0.05) is 48.7 Å². The van der Waals surface area contributed by atoms with Crippen LogP contribution in [0, 0.1) is 0 Å². The maximum atomic E-state index is 5.23. The minimum Gasteiger partial charge on any atom is -0.308 e. The molecular weight excluding hydrogens is 871 g/mol. The lowest BCUT2D eigenvalue weighted by molar-refractivity contribution is 0.590. The number of benzene rings is 8. The molecule has 0 bridgehead atoms. The van der Waals surface area contributed by atoms with Crippen molar-refractivity contribution in [2.24, 2.45) is 0 Å². The maximum Gasteiger partial charge on any atom is 0.0725 e. The topological polar surface area (TPSA) is 21.7 Å². The van der Waals surface area contributed by atoms with E-state index in [1.807, 2.05) is 0 Å². The third-order valence-corrected chi connectivity index (χ3v) is 16.1. The van der Waals surface area contributed by atoms with E-state index in [1.54, 1.807) is 0 Å². The summed E-state index contributed by atoms with van der Waals surface area (Å²) in [6, 6.07) is 61.0. The van der Waals surface area contributed by atoms with Crippen LogP contribution in [-0.2, 0) is 21.7 Å². The van der Waals surface area contributed by atoms with Gasteiger partial charge in [0.05, 0.1) is 45.0 Å². The van der Waals surface area contributed by atoms with E-state index in [2.05, 4.69) is 256 Å². The lowest BCUT2D eigenvalue weighted by atomic mass is 9.86. The van der Waals surface area contributed by atoms with Crippen LogP contribution in [0.4, 0.5) is 0 Å². The molecule has 0 aliphatic heterocycles. The Morgan fingerprint density at radius 1 is 0.264 bits per heavy atom. The summed E-state index contributed by atoms with van der Waals surface area (Å²) in [7, 11) is 0. The summed E-state index contributed by atoms with van der Waals surface area (Å²) in [6.45, 7) is 27.4. The Bertz CT molecular complexity index is 4010. The molecular formula is C69H63N3. The first-order chi connectivity index (χ1) is 34.2. The molecule has 0 saturated heterocycles. The van der Waals surface area contributed by atoms with Gasteiger partial charge < -0.3 is 8.80 Å². The van der Waals surface area contributed by atoms with Gasteiger partial charge >= 0.3 is 0 Å². The van der Waals surface area contributed by atoms with Crippen LogP contribution in [-0.4, -0.2) is 13.8 Å². The molecule has 354 valence electrons. The molecule has 0 atom stereocenters. The Kier molecular flexibility index (Phi) is 9.28. The molecule has 0 radical (unpaired) electrons. The highest BCUT2D eigenvalue weighted by Crippen LogP contribution is 2.48. The van der Waals surface area contributed by atoms with Crippen LogP contribution in [0.25, 0.3) is 121 Å². The van der Waals surface area contributed by atoms with E-state index in [9.17, 15) is 0 Å². The van der Waals surface area contributed by atoms with Gasteiger partial charge in [-0.15, -0.1) is 0 Å². The molecule has 8 aromatic carbocycles. The molecule has 0 aliphatic rings. The van der Waals surface area contributed by atoms with E-state index >= 15 is 0 Å². The van der Waals surface area contributed by atoms with Gasteiger partial charge in [-0.3, -0.25) is 4.98 Å². The zero-order chi connectivity index (χ0) is 50.0. The summed E-state index contributed by atoms with van der Waals surface area (Å²) >= 11 is 0. The van der Waals surface area contributed by atoms with E-state index in [1.165, 1.54) is 126 Å². The highest BCUT2D eigenvalue weighted by Gasteiger charge is 2.26.